The second-order valence-corrected chi connectivity index (χ2v) is 8.54. The maximum absolute atomic E-state index is 12.8. The summed E-state index contributed by atoms with van der Waals surface area (Å²) in [4.78, 5) is 12.4. The fraction of sp³-hybridized carbons (Fsp3) is 0.611. The van der Waals surface area contributed by atoms with E-state index >= 15 is 0 Å². The number of piperidine rings is 1. The van der Waals surface area contributed by atoms with Crippen LogP contribution in [0.3, 0.4) is 0 Å². The number of amides is 1. The quantitative estimate of drug-likeness (QED) is 0.732. The van der Waals surface area contributed by atoms with Crippen molar-refractivity contribution < 1.29 is 13.2 Å². The van der Waals surface area contributed by atoms with Gasteiger partial charge in [-0.3, -0.25) is 4.79 Å². The van der Waals surface area contributed by atoms with E-state index in [-0.39, 0.29) is 35.3 Å². The van der Waals surface area contributed by atoms with E-state index in [0.717, 1.165) is 25.8 Å². The van der Waals surface area contributed by atoms with Crippen LogP contribution < -0.4 is 10.6 Å². The molecule has 1 unspecified atom stereocenters. The monoisotopic (exact) mass is 403 g/mol. The van der Waals surface area contributed by atoms with Gasteiger partial charge in [-0.15, -0.1) is 12.4 Å². The Balaban J connectivity index is 0.00000338. The Hall–Kier alpha value is -1.15. The van der Waals surface area contributed by atoms with Gasteiger partial charge in [0.25, 0.3) is 5.91 Å². The smallest absolute Gasteiger partial charge is 0.251 e. The highest BCUT2D eigenvalue weighted by Gasteiger charge is 2.30. The molecule has 1 aromatic carbocycles. The number of rotatable bonds is 7. The largest absolute Gasteiger partial charge is 0.350 e. The molecular formula is C18H30ClN3O3S. The number of hydrogen-bond donors (Lipinski definition) is 2. The van der Waals surface area contributed by atoms with E-state index < -0.39 is 10.0 Å². The van der Waals surface area contributed by atoms with E-state index in [1.807, 2.05) is 20.8 Å². The minimum Gasteiger partial charge on any atom is -0.350 e. The first kappa shape index (κ1) is 22.9. The predicted octanol–water partition coefficient (Wildman–Crippen LogP) is 2.40. The first-order valence-electron chi connectivity index (χ1n) is 8.99. The van der Waals surface area contributed by atoms with Gasteiger partial charge in [0.15, 0.2) is 0 Å². The third-order valence-corrected chi connectivity index (χ3v) is 6.61. The number of benzene rings is 1. The van der Waals surface area contributed by atoms with E-state index in [1.165, 1.54) is 12.1 Å². The Morgan fingerprint density at radius 3 is 2.50 bits per heavy atom. The first-order chi connectivity index (χ1) is 11.9. The molecule has 1 fully saturated rings. The van der Waals surface area contributed by atoms with Crippen LogP contribution in [-0.2, 0) is 10.0 Å². The molecule has 1 heterocycles. The maximum Gasteiger partial charge on any atom is 0.251 e. The van der Waals surface area contributed by atoms with Crippen LogP contribution in [0.25, 0.3) is 0 Å². The Morgan fingerprint density at radius 2 is 1.92 bits per heavy atom. The molecule has 148 valence electrons. The van der Waals surface area contributed by atoms with E-state index in [4.69, 9.17) is 0 Å². The number of carbonyl (C=O) groups is 1. The molecule has 8 heteroatoms. The highest BCUT2D eigenvalue weighted by Crippen LogP contribution is 2.25. The highest BCUT2D eigenvalue weighted by atomic mass is 35.5. The lowest BCUT2D eigenvalue weighted by atomic mass is 10.1. The molecule has 1 saturated heterocycles. The number of likely N-dealkylation sites (N-methyl/N-ethyl adjacent to an activating group) is 1. The number of sulfonamides is 1. The average molecular weight is 404 g/mol. The average Bonchev–Trinajstić information content (AvgIpc) is 2.60. The van der Waals surface area contributed by atoms with Gasteiger partial charge in [-0.05, 0) is 57.5 Å². The Kier molecular flexibility index (Phi) is 9.03. The first-order valence-corrected chi connectivity index (χ1v) is 10.4. The second-order valence-electron chi connectivity index (χ2n) is 6.65. The number of nitrogens with one attached hydrogen (secondary N) is 2. The summed E-state index contributed by atoms with van der Waals surface area (Å²) < 4.78 is 27.1. The normalized spacial score (nSPS) is 19.4. The van der Waals surface area contributed by atoms with Crippen LogP contribution in [-0.4, -0.2) is 50.3 Å². The number of halogens is 1. The summed E-state index contributed by atoms with van der Waals surface area (Å²) >= 11 is 0. The minimum absolute atomic E-state index is 0. The minimum atomic E-state index is -3.50. The molecule has 1 aliphatic heterocycles. The zero-order valence-electron chi connectivity index (χ0n) is 15.7. The molecule has 0 bridgehead atoms. The molecule has 1 aromatic rings. The van der Waals surface area contributed by atoms with Crippen LogP contribution in [0.15, 0.2) is 29.2 Å². The fourth-order valence-electron chi connectivity index (χ4n) is 3.11. The van der Waals surface area contributed by atoms with Gasteiger partial charge in [-0.2, -0.15) is 4.31 Å². The molecule has 0 aromatic heterocycles. The lowest BCUT2D eigenvalue weighted by Gasteiger charge is -2.32. The van der Waals surface area contributed by atoms with Crippen LogP contribution in [0.5, 0.6) is 0 Å². The van der Waals surface area contributed by atoms with Crippen LogP contribution in [0.4, 0.5) is 0 Å². The number of hydrogen-bond acceptors (Lipinski definition) is 4. The molecule has 6 nitrogen and oxygen atoms in total. The molecule has 2 rings (SSSR count). The Labute approximate surface area is 163 Å². The van der Waals surface area contributed by atoms with Crippen molar-refractivity contribution >= 4 is 28.3 Å². The van der Waals surface area contributed by atoms with Gasteiger partial charge in [0.1, 0.15) is 0 Å². The van der Waals surface area contributed by atoms with Gasteiger partial charge in [0, 0.05) is 30.7 Å². The predicted molar refractivity (Wildman–Crippen MR) is 106 cm³/mol. The Morgan fingerprint density at radius 1 is 1.27 bits per heavy atom. The summed E-state index contributed by atoms with van der Waals surface area (Å²) in [6.45, 7) is 7.90. The van der Waals surface area contributed by atoms with Crippen molar-refractivity contribution in [3.8, 4) is 0 Å². The molecule has 1 aliphatic rings. The van der Waals surface area contributed by atoms with Gasteiger partial charge < -0.3 is 10.6 Å². The SMILES string of the molecule is CCN[C@H](C)CNC(=O)c1ccc(S(=O)(=O)N2CCCCC2C)cc1.Cl. The van der Waals surface area contributed by atoms with Crippen LogP contribution >= 0.6 is 12.4 Å². The summed E-state index contributed by atoms with van der Waals surface area (Å²) in [7, 11) is -3.50. The lowest BCUT2D eigenvalue weighted by molar-refractivity contribution is 0.0950. The van der Waals surface area contributed by atoms with E-state index in [9.17, 15) is 13.2 Å². The van der Waals surface area contributed by atoms with Gasteiger partial charge in [-0.25, -0.2) is 8.42 Å². The van der Waals surface area contributed by atoms with Crippen molar-refractivity contribution in [2.24, 2.45) is 0 Å². The molecule has 0 spiro atoms. The summed E-state index contributed by atoms with van der Waals surface area (Å²) in [5.41, 5.74) is 0.467. The van der Waals surface area contributed by atoms with E-state index in [2.05, 4.69) is 10.6 Å². The van der Waals surface area contributed by atoms with Gasteiger partial charge in [0.2, 0.25) is 10.0 Å². The van der Waals surface area contributed by atoms with Gasteiger partial charge >= 0.3 is 0 Å². The topological polar surface area (TPSA) is 78.5 Å². The van der Waals surface area contributed by atoms with Crippen molar-refractivity contribution in [1.82, 2.24) is 14.9 Å². The summed E-state index contributed by atoms with van der Waals surface area (Å²) in [5.74, 6) is -0.194. The zero-order chi connectivity index (χ0) is 18.4. The second kappa shape index (κ2) is 10.3. The van der Waals surface area contributed by atoms with Crippen molar-refractivity contribution in [3.05, 3.63) is 29.8 Å². The van der Waals surface area contributed by atoms with Crippen molar-refractivity contribution in [2.45, 2.75) is 57.0 Å². The van der Waals surface area contributed by atoms with E-state index in [1.54, 1.807) is 16.4 Å². The fourth-order valence-corrected chi connectivity index (χ4v) is 4.81. The van der Waals surface area contributed by atoms with Crippen molar-refractivity contribution in [1.29, 1.82) is 0 Å². The van der Waals surface area contributed by atoms with Crippen molar-refractivity contribution in [2.75, 3.05) is 19.6 Å². The van der Waals surface area contributed by atoms with Gasteiger partial charge in [0.05, 0.1) is 4.90 Å². The number of carbonyl (C=O) groups excluding carboxylic acids is 1. The summed E-state index contributed by atoms with van der Waals surface area (Å²) in [5, 5.41) is 6.07. The number of nitrogens with zero attached hydrogens (tertiary/aromatic N) is 1. The van der Waals surface area contributed by atoms with Crippen LogP contribution in [0.2, 0.25) is 0 Å². The highest BCUT2D eigenvalue weighted by molar-refractivity contribution is 7.89. The Bertz CT molecular complexity index is 679. The molecule has 0 aliphatic carbocycles. The molecule has 26 heavy (non-hydrogen) atoms. The molecular weight excluding hydrogens is 374 g/mol. The van der Waals surface area contributed by atoms with Crippen LogP contribution in [0, 0.1) is 0 Å². The van der Waals surface area contributed by atoms with E-state index in [0.29, 0.717) is 18.7 Å². The maximum atomic E-state index is 12.8. The van der Waals surface area contributed by atoms with Gasteiger partial charge in [-0.1, -0.05) is 13.3 Å². The molecule has 0 saturated carbocycles. The molecule has 1 amide bonds. The summed E-state index contributed by atoms with van der Waals surface area (Å²) in [6.07, 6.45) is 2.86. The molecule has 2 N–H and O–H groups in total. The van der Waals surface area contributed by atoms with Crippen LogP contribution in [0.1, 0.15) is 50.4 Å². The summed E-state index contributed by atoms with van der Waals surface area (Å²) in [6, 6.07) is 6.42. The van der Waals surface area contributed by atoms with Crippen molar-refractivity contribution in [3.63, 3.8) is 0 Å². The molecule has 0 radical (unpaired) electrons. The zero-order valence-corrected chi connectivity index (χ0v) is 17.3. The third-order valence-electron chi connectivity index (χ3n) is 4.59. The third kappa shape index (κ3) is 5.67. The standard InChI is InChI=1S/C18H29N3O3S.ClH/c1-4-19-14(2)13-20-18(22)16-8-10-17(11-9-16)25(23,24)21-12-6-5-7-15(21)3;/h8-11,14-15,19H,4-7,12-13H2,1-3H3,(H,20,22);1H/t14-,15?;/m1./s1. The molecule has 2 atom stereocenters. The lowest BCUT2D eigenvalue weighted by Crippen LogP contribution is -2.41.